The van der Waals surface area contributed by atoms with Crippen LogP contribution < -0.4 is 10.1 Å². The minimum atomic E-state index is -0.110. The van der Waals surface area contributed by atoms with Crippen LogP contribution in [-0.4, -0.2) is 12.9 Å². The molecule has 3 nitrogen and oxygen atoms in total. The number of ether oxygens (including phenoxy) is 1. The van der Waals surface area contributed by atoms with Crippen LogP contribution in [0.15, 0.2) is 84.9 Å². The molecule has 0 aliphatic heterocycles. The Labute approximate surface area is 160 Å². The molecule has 0 fully saturated rings. The molecule has 4 heteroatoms. The highest BCUT2D eigenvalue weighted by molar-refractivity contribution is 5.96. The van der Waals surface area contributed by atoms with Crippen molar-refractivity contribution in [1.29, 1.82) is 0 Å². The first-order valence-electron chi connectivity index (χ1n) is 8.30. The molecule has 26 heavy (non-hydrogen) atoms. The van der Waals surface area contributed by atoms with Crippen LogP contribution in [0, 0.1) is 0 Å². The number of benzene rings is 3. The number of anilines is 1. The number of Topliss-reactive ketones (excluding diaryl/α,β-unsaturated/α-hetero) is 1. The number of methoxy groups -OCH3 is 1. The number of ketones is 1. The molecule has 3 aromatic rings. The molecule has 134 valence electrons. The van der Waals surface area contributed by atoms with Gasteiger partial charge in [0.05, 0.1) is 13.2 Å². The summed E-state index contributed by atoms with van der Waals surface area (Å²) in [5.74, 6) is 0.918. The van der Waals surface area contributed by atoms with E-state index in [1.807, 2.05) is 84.9 Å². The highest BCUT2D eigenvalue weighted by atomic mass is 35.5. The van der Waals surface area contributed by atoms with Gasteiger partial charge < -0.3 is 10.1 Å². The van der Waals surface area contributed by atoms with Gasteiger partial charge in [0, 0.05) is 17.7 Å². The predicted molar refractivity (Wildman–Crippen MR) is 108 cm³/mol. The first-order chi connectivity index (χ1) is 12.3. The van der Waals surface area contributed by atoms with Gasteiger partial charge in [-0.3, -0.25) is 4.79 Å². The molecular weight excluding hydrogens is 346 g/mol. The Morgan fingerprint density at radius 3 is 2.04 bits per heavy atom. The topological polar surface area (TPSA) is 38.3 Å². The molecule has 0 aromatic heterocycles. The van der Waals surface area contributed by atoms with E-state index < -0.39 is 0 Å². The zero-order valence-electron chi connectivity index (χ0n) is 14.6. The zero-order valence-corrected chi connectivity index (χ0v) is 15.4. The van der Waals surface area contributed by atoms with Crippen molar-refractivity contribution < 1.29 is 9.53 Å². The molecule has 3 aromatic carbocycles. The lowest BCUT2D eigenvalue weighted by Crippen LogP contribution is -2.15. The van der Waals surface area contributed by atoms with Gasteiger partial charge in [-0.15, -0.1) is 12.4 Å². The Bertz CT molecular complexity index is 805. The van der Waals surface area contributed by atoms with Gasteiger partial charge in [-0.2, -0.15) is 0 Å². The largest absolute Gasteiger partial charge is 0.497 e. The summed E-state index contributed by atoms with van der Waals surface area (Å²) >= 11 is 0. The van der Waals surface area contributed by atoms with Gasteiger partial charge in [0.15, 0.2) is 5.78 Å². The average Bonchev–Trinajstić information content (AvgIpc) is 2.69. The third-order valence-electron chi connectivity index (χ3n) is 4.12. The molecule has 0 spiro atoms. The summed E-state index contributed by atoms with van der Waals surface area (Å²) in [5, 5.41) is 3.47. The molecule has 0 amide bonds. The van der Waals surface area contributed by atoms with E-state index in [0.29, 0.717) is 6.42 Å². The molecule has 0 radical (unpaired) electrons. The van der Waals surface area contributed by atoms with E-state index >= 15 is 0 Å². The Morgan fingerprint density at radius 2 is 1.46 bits per heavy atom. The lowest BCUT2D eigenvalue weighted by Gasteiger charge is -2.20. The van der Waals surface area contributed by atoms with Gasteiger partial charge in [-0.05, 0) is 29.8 Å². The van der Waals surface area contributed by atoms with Crippen LogP contribution in [0.4, 0.5) is 5.69 Å². The van der Waals surface area contributed by atoms with Crippen LogP contribution in [0.25, 0.3) is 0 Å². The van der Waals surface area contributed by atoms with Gasteiger partial charge >= 0.3 is 0 Å². The van der Waals surface area contributed by atoms with Crippen molar-refractivity contribution in [2.45, 2.75) is 12.5 Å². The van der Waals surface area contributed by atoms with Crippen molar-refractivity contribution in [2.75, 3.05) is 12.4 Å². The summed E-state index contributed by atoms with van der Waals surface area (Å²) in [7, 11) is 1.65. The van der Waals surface area contributed by atoms with E-state index in [9.17, 15) is 4.79 Å². The maximum Gasteiger partial charge on any atom is 0.165 e. The third kappa shape index (κ3) is 5.11. The van der Waals surface area contributed by atoms with Gasteiger partial charge in [-0.1, -0.05) is 60.7 Å². The Morgan fingerprint density at radius 1 is 0.885 bits per heavy atom. The Kier molecular flexibility index (Phi) is 7.24. The second kappa shape index (κ2) is 9.64. The Hall–Kier alpha value is -2.78. The lowest BCUT2D eigenvalue weighted by molar-refractivity contribution is 0.0976. The number of hydrogen-bond acceptors (Lipinski definition) is 3. The number of halogens is 1. The number of para-hydroxylation sites is 1. The van der Waals surface area contributed by atoms with Crippen LogP contribution in [0.1, 0.15) is 28.4 Å². The Balaban J connectivity index is 0.00000243. The molecule has 0 bridgehead atoms. The highest BCUT2D eigenvalue weighted by Gasteiger charge is 2.17. The fraction of sp³-hybridized carbons (Fsp3) is 0.136. The fourth-order valence-corrected chi connectivity index (χ4v) is 2.75. The summed E-state index contributed by atoms with van der Waals surface area (Å²) in [6.45, 7) is 0. The first kappa shape index (κ1) is 19.5. The van der Waals surface area contributed by atoms with Crippen molar-refractivity contribution in [3.8, 4) is 5.75 Å². The second-order valence-electron chi connectivity index (χ2n) is 5.83. The van der Waals surface area contributed by atoms with Crippen molar-refractivity contribution in [3.63, 3.8) is 0 Å². The molecule has 0 aliphatic rings. The molecule has 0 saturated heterocycles. The summed E-state index contributed by atoms with van der Waals surface area (Å²) < 4.78 is 5.23. The monoisotopic (exact) mass is 367 g/mol. The highest BCUT2D eigenvalue weighted by Crippen LogP contribution is 2.26. The van der Waals surface area contributed by atoms with Crippen molar-refractivity contribution >= 4 is 23.9 Å². The van der Waals surface area contributed by atoms with Crippen molar-refractivity contribution in [3.05, 3.63) is 96.1 Å². The van der Waals surface area contributed by atoms with Crippen molar-refractivity contribution in [2.24, 2.45) is 0 Å². The average molecular weight is 368 g/mol. The summed E-state index contributed by atoms with van der Waals surface area (Å²) in [6, 6.07) is 27.1. The van der Waals surface area contributed by atoms with E-state index in [1.165, 1.54) is 0 Å². The molecular formula is C22H22ClNO2. The third-order valence-corrected chi connectivity index (χ3v) is 4.12. The van der Waals surface area contributed by atoms with Crippen molar-refractivity contribution in [1.82, 2.24) is 0 Å². The second-order valence-corrected chi connectivity index (χ2v) is 5.83. The zero-order chi connectivity index (χ0) is 17.5. The van der Waals surface area contributed by atoms with Gasteiger partial charge in [0.2, 0.25) is 0 Å². The molecule has 0 heterocycles. The van der Waals surface area contributed by atoms with Crippen LogP contribution in [0.5, 0.6) is 5.75 Å². The number of nitrogens with one attached hydrogen (secondary N) is 1. The number of hydrogen-bond donors (Lipinski definition) is 1. The van der Waals surface area contributed by atoms with E-state index in [4.69, 9.17) is 4.74 Å². The number of carbonyl (C=O) groups is 1. The minimum Gasteiger partial charge on any atom is -0.497 e. The first-order valence-corrected chi connectivity index (χ1v) is 8.30. The summed E-state index contributed by atoms with van der Waals surface area (Å²) in [5.41, 5.74) is 2.77. The maximum atomic E-state index is 12.7. The molecule has 1 atom stereocenters. The van der Waals surface area contributed by atoms with E-state index in [0.717, 1.165) is 22.6 Å². The lowest BCUT2D eigenvalue weighted by atomic mass is 9.97. The van der Waals surface area contributed by atoms with Gasteiger partial charge in [-0.25, -0.2) is 0 Å². The van der Waals surface area contributed by atoms with E-state index in [1.54, 1.807) is 7.11 Å². The quantitative estimate of drug-likeness (QED) is 0.557. The van der Waals surface area contributed by atoms with Gasteiger partial charge in [0.1, 0.15) is 5.75 Å². The smallest absolute Gasteiger partial charge is 0.165 e. The predicted octanol–water partition coefficient (Wildman–Crippen LogP) is 5.54. The summed E-state index contributed by atoms with van der Waals surface area (Å²) in [4.78, 5) is 12.7. The fourth-order valence-electron chi connectivity index (χ4n) is 2.75. The molecule has 0 saturated carbocycles. The molecule has 1 unspecified atom stereocenters. The SMILES string of the molecule is COc1ccc(C(CC(=O)c2ccccc2)Nc2ccccc2)cc1.Cl. The normalized spacial score (nSPS) is 11.1. The molecule has 0 aliphatic carbocycles. The van der Waals surface area contributed by atoms with Gasteiger partial charge in [0.25, 0.3) is 0 Å². The molecule has 3 rings (SSSR count). The number of carbonyl (C=O) groups excluding carboxylic acids is 1. The van der Waals surface area contributed by atoms with E-state index in [-0.39, 0.29) is 24.2 Å². The standard InChI is InChI=1S/C22H21NO2.ClH/c1-25-20-14-12-17(13-15-20)21(23-19-10-6-3-7-11-19)16-22(24)18-8-4-2-5-9-18;/h2-15,21,23H,16H2,1H3;1H. The van der Waals surface area contributed by atoms with Crippen LogP contribution in [0.2, 0.25) is 0 Å². The minimum absolute atomic E-state index is 0. The number of rotatable bonds is 7. The maximum absolute atomic E-state index is 12.7. The van der Waals surface area contributed by atoms with Crippen LogP contribution >= 0.6 is 12.4 Å². The van der Waals surface area contributed by atoms with Crippen LogP contribution in [-0.2, 0) is 0 Å². The van der Waals surface area contributed by atoms with Crippen LogP contribution in [0.3, 0.4) is 0 Å². The molecule has 1 N–H and O–H groups in total. The van der Waals surface area contributed by atoms with E-state index in [2.05, 4.69) is 5.32 Å². The summed E-state index contributed by atoms with van der Waals surface area (Å²) in [6.07, 6.45) is 0.380.